The highest BCUT2D eigenvalue weighted by Crippen LogP contribution is 2.26. The van der Waals surface area contributed by atoms with Gasteiger partial charge in [0, 0.05) is 12.5 Å². The quantitative estimate of drug-likeness (QED) is 0.478. The highest BCUT2D eigenvalue weighted by atomic mass is 16.5. The molecule has 0 fully saturated rings. The predicted octanol–water partition coefficient (Wildman–Crippen LogP) is -0.0819. The Morgan fingerprint density at radius 2 is 1.70 bits per heavy atom. The summed E-state index contributed by atoms with van der Waals surface area (Å²) in [5, 5.41) is 17.6. The SMILES string of the molecule is CC(C)(C)C(CN)C(O)O. The molecule has 0 aromatic rings. The smallest absolute Gasteiger partial charge is 0.156 e. The summed E-state index contributed by atoms with van der Waals surface area (Å²) < 4.78 is 0. The largest absolute Gasteiger partial charge is 0.368 e. The molecular formula is C7H17NO2. The van der Waals surface area contributed by atoms with Crippen LogP contribution in [0.15, 0.2) is 0 Å². The molecule has 3 heteroatoms. The van der Waals surface area contributed by atoms with E-state index in [0.717, 1.165) is 0 Å². The minimum atomic E-state index is -1.30. The monoisotopic (exact) mass is 147 g/mol. The third-order valence-electron chi connectivity index (χ3n) is 1.73. The number of nitrogens with two attached hydrogens (primary N) is 1. The van der Waals surface area contributed by atoms with Gasteiger partial charge in [-0.15, -0.1) is 0 Å². The molecule has 0 aromatic carbocycles. The van der Waals surface area contributed by atoms with Gasteiger partial charge in [-0.05, 0) is 5.41 Å². The lowest BCUT2D eigenvalue weighted by Crippen LogP contribution is -2.37. The summed E-state index contributed by atoms with van der Waals surface area (Å²) in [6.07, 6.45) is -1.30. The maximum atomic E-state index is 8.82. The Morgan fingerprint density at radius 1 is 1.30 bits per heavy atom. The molecule has 1 unspecified atom stereocenters. The first-order valence-corrected chi connectivity index (χ1v) is 3.45. The van der Waals surface area contributed by atoms with Crippen molar-refractivity contribution in [3.8, 4) is 0 Å². The zero-order valence-electron chi connectivity index (χ0n) is 6.83. The van der Waals surface area contributed by atoms with Gasteiger partial charge in [-0.3, -0.25) is 0 Å². The van der Waals surface area contributed by atoms with Crippen molar-refractivity contribution in [2.24, 2.45) is 17.1 Å². The van der Waals surface area contributed by atoms with E-state index in [1.165, 1.54) is 0 Å². The third kappa shape index (κ3) is 2.64. The van der Waals surface area contributed by atoms with Crippen LogP contribution in [0.1, 0.15) is 20.8 Å². The maximum absolute atomic E-state index is 8.82. The van der Waals surface area contributed by atoms with Crippen LogP contribution in [0.5, 0.6) is 0 Å². The summed E-state index contributed by atoms with van der Waals surface area (Å²) in [5.41, 5.74) is 5.20. The van der Waals surface area contributed by atoms with Crippen molar-refractivity contribution < 1.29 is 10.2 Å². The van der Waals surface area contributed by atoms with Gasteiger partial charge in [-0.25, -0.2) is 0 Å². The normalized spacial score (nSPS) is 15.9. The lowest BCUT2D eigenvalue weighted by atomic mass is 9.80. The minimum absolute atomic E-state index is 0.136. The molecule has 0 aliphatic carbocycles. The molecule has 0 aliphatic rings. The van der Waals surface area contributed by atoms with Crippen LogP contribution in [-0.4, -0.2) is 23.0 Å². The predicted molar refractivity (Wildman–Crippen MR) is 40.2 cm³/mol. The average Bonchev–Trinajstić information content (AvgIpc) is 1.60. The third-order valence-corrected chi connectivity index (χ3v) is 1.73. The molecule has 0 saturated carbocycles. The first-order valence-electron chi connectivity index (χ1n) is 3.45. The molecule has 0 saturated heterocycles. The van der Waals surface area contributed by atoms with E-state index in [4.69, 9.17) is 15.9 Å². The molecule has 62 valence electrons. The molecular weight excluding hydrogens is 130 g/mol. The molecule has 0 amide bonds. The van der Waals surface area contributed by atoms with Crippen LogP contribution in [0.4, 0.5) is 0 Å². The molecule has 0 bridgehead atoms. The van der Waals surface area contributed by atoms with Crippen molar-refractivity contribution >= 4 is 0 Å². The van der Waals surface area contributed by atoms with Crippen LogP contribution in [0.2, 0.25) is 0 Å². The van der Waals surface area contributed by atoms with Gasteiger partial charge in [0.2, 0.25) is 0 Å². The van der Waals surface area contributed by atoms with Gasteiger partial charge in [0.05, 0.1) is 0 Å². The Morgan fingerprint density at radius 3 is 1.70 bits per heavy atom. The van der Waals surface area contributed by atoms with Crippen molar-refractivity contribution in [1.82, 2.24) is 0 Å². The topological polar surface area (TPSA) is 66.5 Å². The molecule has 1 atom stereocenters. The van der Waals surface area contributed by atoms with Gasteiger partial charge >= 0.3 is 0 Å². The van der Waals surface area contributed by atoms with E-state index >= 15 is 0 Å². The van der Waals surface area contributed by atoms with Crippen molar-refractivity contribution in [2.75, 3.05) is 6.54 Å². The summed E-state index contributed by atoms with van der Waals surface area (Å²) in [6.45, 7) is 6.11. The number of hydrogen-bond donors (Lipinski definition) is 3. The van der Waals surface area contributed by atoms with E-state index in [1.54, 1.807) is 0 Å². The minimum Gasteiger partial charge on any atom is -0.368 e. The Kier molecular flexibility index (Phi) is 3.28. The van der Waals surface area contributed by atoms with Crippen LogP contribution in [0, 0.1) is 11.3 Å². The van der Waals surface area contributed by atoms with Crippen molar-refractivity contribution in [2.45, 2.75) is 27.1 Å². The molecule has 0 aliphatic heterocycles. The van der Waals surface area contributed by atoms with E-state index in [9.17, 15) is 0 Å². The Bertz CT molecular complexity index is 96.3. The molecule has 0 radical (unpaired) electrons. The second-order valence-electron chi connectivity index (χ2n) is 3.62. The Labute approximate surface area is 61.9 Å². The van der Waals surface area contributed by atoms with E-state index < -0.39 is 6.29 Å². The van der Waals surface area contributed by atoms with E-state index in [0.29, 0.717) is 6.54 Å². The summed E-state index contributed by atoms with van der Waals surface area (Å²) in [6, 6.07) is 0. The number of hydrogen-bond acceptors (Lipinski definition) is 3. The molecule has 0 rings (SSSR count). The fraction of sp³-hybridized carbons (Fsp3) is 1.00. The highest BCUT2D eigenvalue weighted by molar-refractivity contribution is 4.75. The zero-order chi connectivity index (χ0) is 8.36. The summed E-state index contributed by atoms with van der Waals surface area (Å²) in [4.78, 5) is 0. The van der Waals surface area contributed by atoms with Crippen LogP contribution >= 0.6 is 0 Å². The Balaban J connectivity index is 4.07. The van der Waals surface area contributed by atoms with Gasteiger partial charge < -0.3 is 15.9 Å². The van der Waals surface area contributed by atoms with Crippen molar-refractivity contribution in [3.05, 3.63) is 0 Å². The fourth-order valence-corrected chi connectivity index (χ4v) is 0.922. The van der Waals surface area contributed by atoms with E-state index in [2.05, 4.69) is 0 Å². The lowest BCUT2D eigenvalue weighted by molar-refractivity contribution is -0.110. The van der Waals surface area contributed by atoms with Crippen LogP contribution < -0.4 is 5.73 Å². The number of aliphatic hydroxyl groups excluding tert-OH is 1. The second-order valence-corrected chi connectivity index (χ2v) is 3.62. The average molecular weight is 147 g/mol. The van der Waals surface area contributed by atoms with Gasteiger partial charge in [0.25, 0.3) is 0 Å². The van der Waals surface area contributed by atoms with Crippen LogP contribution in [-0.2, 0) is 0 Å². The highest BCUT2D eigenvalue weighted by Gasteiger charge is 2.28. The number of rotatable bonds is 2. The second kappa shape index (κ2) is 3.32. The maximum Gasteiger partial charge on any atom is 0.156 e. The zero-order valence-corrected chi connectivity index (χ0v) is 6.83. The molecule has 0 spiro atoms. The summed E-state index contributed by atoms with van der Waals surface area (Å²) >= 11 is 0. The first kappa shape index (κ1) is 9.88. The number of aliphatic hydroxyl groups is 2. The Hall–Kier alpha value is -0.120. The molecule has 10 heavy (non-hydrogen) atoms. The molecule has 4 N–H and O–H groups in total. The van der Waals surface area contributed by atoms with Crippen molar-refractivity contribution in [1.29, 1.82) is 0 Å². The van der Waals surface area contributed by atoms with Gasteiger partial charge in [0.1, 0.15) is 0 Å². The fourth-order valence-electron chi connectivity index (χ4n) is 0.922. The summed E-state index contributed by atoms with van der Waals surface area (Å²) in [5.74, 6) is -0.243. The molecule has 3 nitrogen and oxygen atoms in total. The van der Waals surface area contributed by atoms with Crippen molar-refractivity contribution in [3.63, 3.8) is 0 Å². The van der Waals surface area contributed by atoms with Gasteiger partial charge in [-0.2, -0.15) is 0 Å². The van der Waals surface area contributed by atoms with Gasteiger partial charge in [0.15, 0.2) is 6.29 Å². The van der Waals surface area contributed by atoms with E-state index in [1.807, 2.05) is 20.8 Å². The lowest BCUT2D eigenvalue weighted by Gasteiger charge is -2.30. The van der Waals surface area contributed by atoms with Crippen LogP contribution in [0.3, 0.4) is 0 Å². The first-order chi connectivity index (χ1) is 4.39. The molecule has 0 aromatic heterocycles. The van der Waals surface area contributed by atoms with Gasteiger partial charge in [-0.1, -0.05) is 20.8 Å². The van der Waals surface area contributed by atoms with E-state index in [-0.39, 0.29) is 11.3 Å². The summed E-state index contributed by atoms with van der Waals surface area (Å²) in [7, 11) is 0. The van der Waals surface area contributed by atoms with Crippen LogP contribution in [0.25, 0.3) is 0 Å². The molecule has 0 heterocycles. The standard InChI is InChI=1S/C7H17NO2/c1-7(2,3)5(4-8)6(9)10/h5-6,9-10H,4,8H2,1-3H3.